The fourth-order valence-corrected chi connectivity index (χ4v) is 1.60. The predicted molar refractivity (Wildman–Crippen MR) is 64.5 cm³/mol. The number of benzene rings is 1. The molecule has 6 nitrogen and oxygen atoms in total. The Hall–Kier alpha value is -1.92. The standard InChI is InChI=1S/C12H14N2O4/c1-17-4-5-18-8-14-7-13-10-6-9(12(15)16)2-3-11(10)14/h2-3,6-7H,4-5,8H2,1H3,(H,15,16). The summed E-state index contributed by atoms with van der Waals surface area (Å²) < 4.78 is 12.1. The molecule has 1 aromatic carbocycles. The number of aromatic carboxylic acids is 1. The zero-order valence-electron chi connectivity index (χ0n) is 10.00. The monoisotopic (exact) mass is 250 g/mol. The van der Waals surface area contributed by atoms with E-state index in [4.69, 9.17) is 14.6 Å². The van der Waals surface area contributed by atoms with Crippen LogP contribution in [0.2, 0.25) is 0 Å². The molecule has 0 atom stereocenters. The average Bonchev–Trinajstić information content (AvgIpc) is 2.77. The molecule has 96 valence electrons. The van der Waals surface area contributed by atoms with Crippen LogP contribution >= 0.6 is 0 Å². The minimum absolute atomic E-state index is 0.230. The van der Waals surface area contributed by atoms with Gasteiger partial charge in [-0.15, -0.1) is 0 Å². The Morgan fingerprint density at radius 3 is 3.00 bits per heavy atom. The topological polar surface area (TPSA) is 73.6 Å². The lowest BCUT2D eigenvalue weighted by Crippen LogP contribution is -2.06. The molecule has 1 N–H and O–H groups in total. The Labute approximate surface area is 104 Å². The van der Waals surface area contributed by atoms with Crippen LogP contribution < -0.4 is 0 Å². The number of rotatable bonds is 6. The molecule has 6 heteroatoms. The van der Waals surface area contributed by atoms with Gasteiger partial charge in [0.05, 0.1) is 36.1 Å². The number of nitrogens with zero attached hydrogens (tertiary/aromatic N) is 2. The molecule has 0 saturated carbocycles. The highest BCUT2D eigenvalue weighted by molar-refractivity contribution is 5.92. The smallest absolute Gasteiger partial charge is 0.335 e. The maximum atomic E-state index is 10.8. The zero-order chi connectivity index (χ0) is 13.0. The van der Waals surface area contributed by atoms with Crippen molar-refractivity contribution < 1.29 is 19.4 Å². The van der Waals surface area contributed by atoms with Gasteiger partial charge in [0.25, 0.3) is 0 Å². The Kier molecular flexibility index (Phi) is 3.91. The maximum Gasteiger partial charge on any atom is 0.335 e. The lowest BCUT2D eigenvalue weighted by Gasteiger charge is -2.05. The molecule has 1 aromatic heterocycles. The minimum Gasteiger partial charge on any atom is -0.478 e. The highest BCUT2D eigenvalue weighted by Crippen LogP contribution is 2.15. The molecule has 0 radical (unpaired) electrons. The van der Waals surface area contributed by atoms with Crippen molar-refractivity contribution in [3.63, 3.8) is 0 Å². The highest BCUT2D eigenvalue weighted by Gasteiger charge is 2.07. The van der Waals surface area contributed by atoms with E-state index in [1.807, 2.05) is 4.57 Å². The average molecular weight is 250 g/mol. The van der Waals surface area contributed by atoms with Gasteiger partial charge in [0.15, 0.2) is 0 Å². The molecule has 1 heterocycles. The van der Waals surface area contributed by atoms with Crippen LogP contribution in [0.4, 0.5) is 0 Å². The Morgan fingerprint density at radius 2 is 2.28 bits per heavy atom. The zero-order valence-corrected chi connectivity index (χ0v) is 10.00. The molecular formula is C12H14N2O4. The van der Waals surface area contributed by atoms with E-state index in [-0.39, 0.29) is 5.56 Å². The third kappa shape index (κ3) is 2.66. The van der Waals surface area contributed by atoms with Gasteiger partial charge in [-0.3, -0.25) is 0 Å². The summed E-state index contributed by atoms with van der Waals surface area (Å²) in [4.78, 5) is 15.0. The van der Waals surface area contributed by atoms with Gasteiger partial charge in [-0.05, 0) is 18.2 Å². The van der Waals surface area contributed by atoms with Gasteiger partial charge in [0, 0.05) is 7.11 Å². The summed E-state index contributed by atoms with van der Waals surface area (Å²) in [7, 11) is 1.61. The summed E-state index contributed by atoms with van der Waals surface area (Å²) in [5.74, 6) is -0.956. The number of methoxy groups -OCH3 is 1. The van der Waals surface area contributed by atoms with Crippen molar-refractivity contribution in [1.82, 2.24) is 9.55 Å². The fraction of sp³-hybridized carbons (Fsp3) is 0.333. The number of carboxylic acids is 1. The third-order valence-corrected chi connectivity index (χ3v) is 2.53. The fourth-order valence-electron chi connectivity index (χ4n) is 1.60. The SMILES string of the molecule is COCCOCn1cnc2cc(C(=O)O)ccc21. The number of hydrogen-bond donors (Lipinski definition) is 1. The summed E-state index contributed by atoms with van der Waals surface area (Å²) in [5.41, 5.74) is 1.72. The van der Waals surface area contributed by atoms with Crippen LogP contribution in [0.3, 0.4) is 0 Å². The minimum atomic E-state index is -0.956. The van der Waals surface area contributed by atoms with Crippen LogP contribution in [-0.4, -0.2) is 41.0 Å². The van der Waals surface area contributed by atoms with Crippen molar-refractivity contribution in [2.24, 2.45) is 0 Å². The van der Waals surface area contributed by atoms with Crippen LogP contribution in [0.15, 0.2) is 24.5 Å². The van der Waals surface area contributed by atoms with E-state index in [0.717, 1.165) is 5.52 Å². The largest absolute Gasteiger partial charge is 0.478 e. The van der Waals surface area contributed by atoms with Gasteiger partial charge >= 0.3 is 5.97 Å². The molecule has 2 rings (SSSR count). The summed E-state index contributed by atoms with van der Waals surface area (Å²) in [6.45, 7) is 1.41. The van der Waals surface area contributed by atoms with Gasteiger partial charge in [-0.1, -0.05) is 0 Å². The second-order valence-electron chi connectivity index (χ2n) is 3.75. The molecule has 0 bridgehead atoms. The van der Waals surface area contributed by atoms with Crippen molar-refractivity contribution in [2.75, 3.05) is 20.3 Å². The second kappa shape index (κ2) is 5.61. The lowest BCUT2D eigenvalue weighted by molar-refractivity contribution is 0.0358. The van der Waals surface area contributed by atoms with E-state index in [9.17, 15) is 4.79 Å². The van der Waals surface area contributed by atoms with Crippen molar-refractivity contribution in [1.29, 1.82) is 0 Å². The molecule has 0 saturated heterocycles. The van der Waals surface area contributed by atoms with Crippen LogP contribution in [0, 0.1) is 0 Å². The lowest BCUT2D eigenvalue weighted by atomic mass is 10.2. The van der Waals surface area contributed by atoms with E-state index in [1.165, 1.54) is 0 Å². The van der Waals surface area contributed by atoms with Crippen molar-refractivity contribution >= 4 is 17.0 Å². The molecule has 18 heavy (non-hydrogen) atoms. The first-order chi connectivity index (χ1) is 8.72. The van der Waals surface area contributed by atoms with Gasteiger partial charge in [-0.25, -0.2) is 9.78 Å². The first-order valence-electron chi connectivity index (χ1n) is 5.47. The number of aromatic nitrogens is 2. The molecule has 0 unspecified atom stereocenters. The van der Waals surface area contributed by atoms with Crippen molar-refractivity contribution in [2.45, 2.75) is 6.73 Å². The van der Waals surface area contributed by atoms with Gasteiger partial charge in [0.1, 0.15) is 6.73 Å². The Bertz CT molecular complexity index is 550. The molecule has 2 aromatic rings. The Balaban J connectivity index is 2.13. The van der Waals surface area contributed by atoms with Gasteiger partial charge < -0.3 is 19.1 Å². The number of carbonyl (C=O) groups is 1. The van der Waals surface area contributed by atoms with E-state index in [1.54, 1.807) is 31.6 Å². The van der Waals surface area contributed by atoms with E-state index < -0.39 is 5.97 Å². The Morgan fingerprint density at radius 1 is 1.44 bits per heavy atom. The van der Waals surface area contributed by atoms with Gasteiger partial charge in [-0.2, -0.15) is 0 Å². The van der Waals surface area contributed by atoms with E-state index in [0.29, 0.717) is 25.5 Å². The molecule has 0 fully saturated rings. The van der Waals surface area contributed by atoms with Crippen LogP contribution in [0.5, 0.6) is 0 Å². The number of carboxylic acid groups (broad SMARTS) is 1. The highest BCUT2D eigenvalue weighted by atomic mass is 16.5. The second-order valence-corrected chi connectivity index (χ2v) is 3.75. The molecule has 0 spiro atoms. The third-order valence-electron chi connectivity index (χ3n) is 2.53. The summed E-state index contributed by atoms with van der Waals surface area (Å²) >= 11 is 0. The van der Waals surface area contributed by atoms with Crippen LogP contribution in [0.1, 0.15) is 10.4 Å². The number of hydrogen-bond acceptors (Lipinski definition) is 4. The normalized spacial score (nSPS) is 10.9. The summed E-state index contributed by atoms with van der Waals surface area (Å²) in [6, 6.07) is 4.83. The molecular weight excluding hydrogens is 236 g/mol. The number of ether oxygens (including phenoxy) is 2. The molecule has 0 amide bonds. The molecule has 0 aliphatic carbocycles. The number of imidazole rings is 1. The molecule has 0 aliphatic rings. The summed E-state index contributed by atoms with van der Waals surface area (Å²) in [5, 5.41) is 8.88. The van der Waals surface area contributed by atoms with E-state index >= 15 is 0 Å². The summed E-state index contributed by atoms with van der Waals surface area (Å²) in [6.07, 6.45) is 1.63. The maximum absolute atomic E-state index is 10.8. The first kappa shape index (κ1) is 12.5. The molecule has 0 aliphatic heterocycles. The first-order valence-corrected chi connectivity index (χ1v) is 5.47. The van der Waals surface area contributed by atoms with Crippen LogP contribution in [0.25, 0.3) is 11.0 Å². The van der Waals surface area contributed by atoms with Crippen molar-refractivity contribution in [3.05, 3.63) is 30.1 Å². The van der Waals surface area contributed by atoms with Gasteiger partial charge in [0.2, 0.25) is 0 Å². The predicted octanol–water partition coefficient (Wildman–Crippen LogP) is 1.35. The van der Waals surface area contributed by atoms with Crippen LogP contribution in [-0.2, 0) is 16.2 Å². The quantitative estimate of drug-likeness (QED) is 0.783. The van der Waals surface area contributed by atoms with Crippen molar-refractivity contribution in [3.8, 4) is 0 Å². The van der Waals surface area contributed by atoms with E-state index in [2.05, 4.69) is 4.98 Å². The number of fused-ring (bicyclic) bond motifs is 1.